The van der Waals surface area contributed by atoms with Crippen LogP contribution >= 0.6 is 0 Å². The molecule has 0 aromatic heterocycles. The van der Waals surface area contributed by atoms with E-state index in [0.717, 1.165) is 6.54 Å². The fraction of sp³-hybridized carbons (Fsp3) is 0.800. The number of carboxylic acid groups (broad SMARTS) is 1. The molecule has 0 atom stereocenters. The van der Waals surface area contributed by atoms with E-state index in [0.29, 0.717) is 26.1 Å². The van der Waals surface area contributed by atoms with Crippen LogP contribution < -0.4 is 5.32 Å². The SMILES string of the molecule is CCNCCC(=O)N1CC(CC(=O)O)C1. The van der Waals surface area contributed by atoms with Crippen molar-refractivity contribution in [1.82, 2.24) is 10.2 Å². The number of likely N-dealkylation sites (tertiary alicyclic amines) is 1. The molecule has 0 aliphatic carbocycles. The van der Waals surface area contributed by atoms with E-state index in [1.807, 2.05) is 6.92 Å². The summed E-state index contributed by atoms with van der Waals surface area (Å²) in [6.45, 7) is 4.79. The lowest BCUT2D eigenvalue weighted by Crippen LogP contribution is -2.51. The van der Waals surface area contributed by atoms with Crippen LogP contribution in [0.1, 0.15) is 19.8 Å². The van der Waals surface area contributed by atoms with E-state index >= 15 is 0 Å². The molecule has 0 spiro atoms. The summed E-state index contributed by atoms with van der Waals surface area (Å²) in [5, 5.41) is 11.6. The van der Waals surface area contributed by atoms with Gasteiger partial charge in [0.25, 0.3) is 0 Å². The van der Waals surface area contributed by atoms with E-state index in [2.05, 4.69) is 5.32 Å². The van der Waals surface area contributed by atoms with Crippen LogP contribution in [-0.4, -0.2) is 48.1 Å². The Kier molecular flexibility index (Phi) is 4.55. The first-order chi connectivity index (χ1) is 7.13. The van der Waals surface area contributed by atoms with Gasteiger partial charge in [-0.2, -0.15) is 0 Å². The minimum Gasteiger partial charge on any atom is -0.481 e. The van der Waals surface area contributed by atoms with E-state index in [1.54, 1.807) is 4.90 Å². The minimum absolute atomic E-state index is 0.123. The molecule has 0 aromatic rings. The zero-order valence-electron chi connectivity index (χ0n) is 9.03. The van der Waals surface area contributed by atoms with Crippen molar-refractivity contribution >= 4 is 11.9 Å². The molecule has 1 heterocycles. The number of carbonyl (C=O) groups is 2. The molecule has 1 aliphatic rings. The van der Waals surface area contributed by atoms with Gasteiger partial charge in [-0.3, -0.25) is 9.59 Å². The predicted octanol–water partition coefficient (Wildman–Crippen LogP) is -0.0809. The van der Waals surface area contributed by atoms with Crippen molar-refractivity contribution in [3.8, 4) is 0 Å². The fourth-order valence-corrected chi connectivity index (χ4v) is 1.68. The summed E-state index contributed by atoms with van der Waals surface area (Å²) < 4.78 is 0. The Labute approximate surface area is 89.4 Å². The molecule has 0 radical (unpaired) electrons. The van der Waals surface area contributed by atoms with Gasteiger partial charge in [0.1, 0.15) is 0 Å². The standard InChI is InChI=1S/C10H18N2O3/c1-2-11-4-3-9(13)12-6-8(7-12)5-10(14)15/h8,11H,2-7H2,1H3,(H,14,15). The fourth-order valence-electron chi connectivity index (χ4n) is 1.68. The zero-order valence-corrected chi connectivity index (χ0v) is 9.03. The number of carbonyl (C=O) groups excluding carboxylic acids is 1. The number of aliphatic carboxylic acids is 1. The molecule has 86 valence electrons. The van der Waals surface area contributed by atoms with Crippen molar-refractivity contribution in [2.75, 3.05) is 26.2 Å². The predicted molar refractivity (Wildman–Crippen MR) is 55.5 cm³/mol. The van der Waals surface area contributed by atoms with Gasteiger partial charge in [0.05, 0.1) is 6.42 Å². The quantitative estimate of drug-likeness (QED) is 0.607. The van der Waals surface area contributed by atoms with Crippen LogP contribution in [0.2, 0.25) is 0 Å². The maximum absolute atomic E-state index is 11.5. The molecule has 1 amide bonds. The summed E-state index contributed by atoms with van der Waals surface area (Å²) in [4.78, 5) is 23.6. The highest BCUT2D eigenvalue weighted by atomic mass is 16.4. The van der Waals surface area contributed by atoms with Crippen LogP contribution in [0.3, 0.4) is 0 Å². The van der Waals surface area contributed by atoms with Crippen molar-refractivity contribution in [3.63, 3.8) is 0 Å². The average Bonchev–Trinajstić information content (AvgIpc) is 2.10. The van der Waals surface area contributed by atoms with Gasteiger partial charge in [-0.05, 0) is 6.54 Å². The Bertz CT molecular complexity index is 237. The van der Waals surface area contributed by atoms with Gasteiger partial charge in [0, 0.05) is 32.0 Å². The van der Waals surface area contributed by atoms with Gasteiger partial charge in [-0.25, -0.2) is 0 Å². The summed E-state index contributed by atoms with van der Waals surface area (Å²) >= 11 is 0. The lowest BCUT2D eigenvalue weighted by molar-refractivity contribution is -0.145. The summed E-state index contributed by atoms with van der Waals surface area (Å²) in [6, 6.07) is 0. The molecular weight excluding hydrogens is 196 g/mol. The third-order valence-electron chi connectivity index (χ3n) is 2.54. The molecule has 0 bridgehead atoms. The van der Waals surface area contributed by atoms with Crippen LogP contribution in [0.5, 0.6) is 0 Å². The van der Waals surface area contributed by atoms with E-state index in [4.69, 9.17) is 5.11 Å². The molecule has 1 fully saturated rings. The number of hydrogen-bond donors (Lipinski definition) is 2. The second kappa shape index (κ2) is 5.70. The number of nitrogens with one attached hydrogen (secondary N) is 1. The Hall–Kier alpha value is -1.10. The van der Waals surface area contributed by atoms with E-state index in [1.165, 1.54) is 0 Å². The molecule has 0 saturated carbocycles. The largest absolute Gasteiger partial charge is 0.481 e. The maximum atomic E-state index is 11.5. The lowest BCUT2D eigenvalue weighted by atomic mass is 9.96. The van der Waals surface area contributed by atoms with Crippen molar-refractivity contribution in [1.29, 1.82) is 0 Å². The van der Waals surface area contributed by atoms with Crippen LogP contribution in [0.4, 0.5) is 0 Å². The highest BCUT2D eigenvalue weighted by molar-refractivity contribution is 5.77. The smallest absolute Gasteiger partial charge is 0.303 e. The van der Waals surface area contributed by atoms with E-state index in [9.17, 15) is 9.59 Å². The monoisotopic (exact) mass is 214 g/mol. The first-order valence-corrected chi connectivity index (χ1v) is 5.33. The second-order valence-corrected chi connectivity index (χ2v) is 3.87. The lowest BCUT2D eigenvalue weighted by Gasteiger charge is -2.38. The summed E-state index contributed by atoms with van der Waals surface area (Å²) in [5.41, 5.74) is 0. The summed E-state index contributed by atoms with van der Waals surface area (Å²) in [6.07, 6.45) is 0.685. The zero-order chi connectivity index (χ0) is 11.3. The van der Waals surface area contributed by atoms with Gasteiger partial charge < -0.3 is 15.3 Å². The van der Waals surface area contributed by atoms with E-state index in [-0.39, 0.29) is 18.2 Å². The molecule has 1 saturated heterocycles. The molecule has 5 nitrogen and oxygen atoms in total. The van der Waals surface area contributed by atoms with Gasteiger partial charge in [0.2, 0.25) is 5.91 Å². The van der Waals surface area contributed by atoms with Crippen LogP contribution in [-0.2, 0) is 9.59 Å². The molecule has 15 heavy (non-hydrogen) atoms. The number of amides is 1. The summed E-state index contributed by atoms with van der Waals surface area (Å²) in [7, 11) is 0. The van der Waals surface area contributed by atoms with Gasteiger partial charge in [0.15, 0.2) is 0 Å². The number of rotatable bonds is 6. The molecule has 0 unspecified atom stereocenters. The normalized spacial score (nSPS) is 16.2. The number of hydrogen-bond acceptors (Lipinski definition) is 3. The highest BCUT2D eigenvalue weighted by Gasteiger charge is 2.31. The Morgan fingerprint density at radius 2 is 2.13 bits per heavy atom. The van der Waals surface area contributed by atoms with Crippen LogP contribution in [0, 0.1) is 5.92 Å². The first kappa shape index (κ1) is 12.0. The summed E-state index contributed by atoms with van der Waals surface area (Å²) in [5.74, 6) is -0.497. The topological polar surface area (TPSA) is 69.6 Å². The Morgan fingerprint density at radius 3 is 2.67 bits per heavy atom. The van der Waals surface area contributed by atoms with E-state index < -0.39 is 5.97 Å². The molecule has 5 heteroatoms. The number of carboxylic acids is 1. The average molecular weight is 214 g/mol. The number of nitrogens with zero attached hydrogens (tertiary/aromatic N) is 1. The Balaban J connectivity index is 2.09. The molecule has 1 aliphatic heterocycles. The van der Waals surface area contributed by atoms with Gasteiger partial charge >= 0.3 is 5.97 Å². The molecular formula is C10H18N2O3. The van der Waals surface area contributed by atoms with Crippen molar-refractivity contribution in [3.05, 3.63) is 0 Å². The van der Waals surface area contributed by atoms with Crippen LogP contribution in [0.15, 0.2) is 0 Å². The maximum Gasteiger partial charge on any atom is 0.303 e. The van der Waals surface area contributed by atoms with Gasteiger partial charge in [-0.15, -0.1) is 0 Å². The first-order valence-electron chi connectivity index (χ1n) is 5.33. The third kappa shape index (κ3) is 3.87. The third-order valence-corrected chi connectivity index (χ3v) is 2.54. The molecule has 1 rings (SSSR count). The molecule has 0 aromatic carbocycles. The molecule has 2 N–H and O–H groups in total. The van der Waals surface area contributed by atoms with Crippen molar-refractivity contribution in [2.24, 2.45) is 5.92 Å². The van der Waals surface area contributed by atoms with Crippen LogP contribution in [0.25, 0.3) is 0 Å². The second-order valence-electron chi connectivity index (χ2n) is 3.87. The Morgan fingerprint density at radius 1 is 1.47 bits per heavy atom. The van der Waals surface area contributed by atoms with Crippen molar-refractivity contribution in [2.45, 2.75) is 19.8 Å². The minimum atomic E-state index is -0.778. The van der Waals surface area contributed by atoms with Crippen molar-refractivity contribution < 1.29 is 14.7 Å². The van der Waals surface area contributed by atoms with Gasteiger partial charge in [-0.1, -0.05) is 6.92 Å². The highest BCUT2D eigenvalue weighted by Crippen LogP contribution is 2.19.